The molecule has 11 nitrogen and oxygen atoms in total. The molecule has 6 rings (SSSR count). The summed E-state index contributed by atoms with van der Waals surface area (Å²) >= 11 is 0. The standard InChI is InChI=1S/C28H31FN8O3/c1-39-28(38)32-21-5-3-20(4-6-21)25-33-26(36-12-14-40-15-13-36)23-17-31-37(27(23)34-25)22-8-10-35(11-9-22)18-19-2-7-24(29)30-16-19/h2-7,16-17,22H,8-15,18H2,1H3,(H,32,38). The van der Waals surface area contributed by atoms with Gasteiger partial charge in [-0.25, -0.2) is 24.4 Å². The average Bonchev–Trinajstić information content (AvgIpc) is 3.43. The van der Waals surface area contributed by atoms with Crippen molar-refractivity contribution in [2.45, 2.75) is 25.4 Å². The lowest BCUT2D eigenvalue weighted by atomic mass is 10.0. The van der Waals surface area contributed by atoms with Crippen LogP contribution in [0.4, 0.5) is 20.7 Å². The zero-order valence-electron chi connectivity index (χ0n) is 22.3. The van der Waals surface area contributed by atoms with Crippen molar-refractivity contribution < 1.29 is 18.7 Å². The molecule has 2 fully saturated rings. The van der Waals surface area contributed by atoms with Crippen LogP contribution < -0.4 is 10.2 Å². The highest BCUT2D eigenvalue weighted by molar-refractivity contribution is 5.89. The number of pyridine rings is 1. The van der Waals surface area contributed by atoms with Crippen molar-refractivity contribution in [3.63, 3.8) is 0 Å². The number of morpholine rings is 1. The third-order valence-corrected chi connectivity index (χ3v) is 7.42. The summed E-state index contributed by atoms with van der Waals surface area (Å²) in [5.41, 5.74) is 3.27. The quantitative estimate of drug-likeness (QED) is 0.360. The number of amides is 1. The number of ether oxygens (including phenoxy) is 2. The number of halogens is 1. The van der Waals surface area contributed by atoms with Crippen molar-refractivity contribution in [1.29, 1.82) is 0 Å². The van der Waals surface area contributed by atoms with Crippen molar-refractivity contribution in [3.8, 4) is 11.4 Å². The van der Waals surface area contributed by atoms with Gasteiger partial charge in [-0.3, -0.25) is 10.2 Å². The Bertz CT molecular complexity index is 1460. The molecule has 5 heterocycles. The molecular formula is C28H31FN8O3. The van der Waals surface area contributed by atoms with Gasteiger partial charge >= 0.3 is 6.09 Å². The lowest BCUT2D eigenvalue weighted by Crippen LogP contribution is -2.37. The Hall–Kier alpha value is -4.16. The molecule has 0 radical (unpaired) electrons. The van der Waals surface area contributed by atoms with Crippen LogP contribution in [0.1, 0.15) is 24.4 Å². The van der Waals surface area contributed by atoms with Crippen molar-refractivity contribution in [2.24, 2.45) is 0 Å². The lowest BCUT2D eigenvalue weighted by Gasteiger charge is -2.32. The zero-order chi connectivity index (χ0) is 27.5. The molecule has 0 bridgehead atoms. The second-order valence-electron chi connectivity index (χ2n) is 9.99. The number of fused-ring (bicyclic) bond motifs is 1. The highest BCUT2D eigenvalue weighted by Crippen LogP contribution is 2.32. The highest BCUT2D eigenvalue weighted by Gasteiger charge is 2.26. The van der Waals surface area contributed by atoms with Gasteiger partial charge < -0.3 is 14.4 Å². The molecule has 2 aliphatic rings. The van der Waals surface area contributed by atoms with Crippen LogP contribution in [-0.4, -0.2) is 82.2 Å². The van der Waals surface area contributed by atoms with Crippen LogP contribution >= 0.6 is 0 Å². The largest absolute Gasteiger partial charge is 0.453 e. The third-order valence-electron chi connectivity index (χ3n) is 7.42. The smallest absolute Gasteiger partial charge is 0.411 e. The second kappa shape index (κ2) is 11.5. The normalized spacial score (nSPS) is 16.8. The molecule has 1 N–H and O–H groups in total. The number of aromatic nitrogens is 5. The number of piperidine rings is 1. The van der Waals surface area contributed by atoms with E-state index in [0.717, 1.165) is 73.5 Å². The fourth-order valence-electron chi connectivity index (χ4n) is 5.28. The van der Waals surface area contributed by atoms with Crippen molar-refractivity contribution >= 4 is 28.6 Å². The highest BCUT2D eigenvalue weighted by atomic mass is 19.1. The predicted octanol–water partition coefficient (Wildman–Crippen LogP) is 3.88. The minimum absolute atomic E-state index is 0.201. The molecule has 3 aromatic heterocycles. The van der Waals surface area contributed by atoms with E-state index in [-0.39, 0.29) is 6.04 Å². The number of hydrogen-bond donors (Lipinski definition) is 1. The number of nitrogens with one attached hydrogen (secondary N) is 1. The number of likely N-dealkylation sites (tertiary alicyclic amines) is 1. The molecule has 0 aliphatic carbocycles. The summed E-state index contributed by atoms with van der Waals surface area (Å²) in [6, 6.07) is 10.8. The third kappa shape index (κ3) is 5.58. The second-order valence-corrected chi connectivity index (χ2v) is 9.99. The monoisotopic (exact) mass is 546 g/mol. The van der Waals surface area contributed by atoms with Gasteiger partial charge in [-0.05, 0) is 48.7 Å². The molecule has 0 unspecified atom stereocenters. The molecule has 40 heavy (non-hydrogen) atoms. The van der Waals surface area contributed by atoms with E-state index in [0.29, 0.717) is 24.7 Å². The maximum atomic E-state index is 13.2. The first-order chi connectivity index (χ1) is 19.6. The van der Waals surface area contributed by atoms with E-state index < -0.39 is 12.0 Å². The number of carbonyl (C=O) groups is 1. The van der Waals surface area contributed by atoms with Crippen molar-refractivity contribution in [3.05, 3.63) is 60.3 Å². The van der Waals surface area contributed by atoms with E-state index in [9.17, 15) is 9.18 Å². The predicted molar refractivity (Wildman–Crippen MR) is 148 cm³/mol. The summed E-state index contributed by atoms with van der Waals surface area (Å²) in [6.07, 6.45) is 4.80. The minimum Gasteiger partial charge on any atom is -0.453 e. The fraction of sp³-hybridized carbons (Fsp3) is 0.393. The molecule has 4 aromatic rings. The lowest BCUT2D eigenvalue weighted by molar-refractivity contribution is 0.122. The number of anilines is 2. The van der Waals surface area contributed by atoms with Crippen LogP contribution in [0.25, 0.3) is 22.4 Å². The number of carbonyl (C=O) groups excluding carboxylic acids is 1. The first kappa shape index (κ1) is 26.1. The van der Waals surface area contributed by atoms with Crippen LogP contribution in [0.5, 0.6) is 0 Å². The summed E-state index contributed by atoms with van der Waals surface area (Å²) in [5, 5.41) is 8.40. The summed E-state index contributed by atoms with van der Waals surface area (Å²) in [4.78, 5) is 29.9. The first-order valence-corrected chi connectivity index (χ1v) is 13.4. The topological polar surface area (TPSA) is 111 Å². The van der Waals surface area contributed by atoms with Crippen LogP contribution in [-0.2, 0) is 16.0 Å². The van der Waals surface area contributed by atoms with Crippen LogP contribution in [0.3, 0.4) is 0 Å². The first-order valence-electron chi connectivity index (χ1n) is 13.4. The van der Waals surface area contributed by atoms with Gasteiger partial charge in [-0.1, -0.05) is 6.07 Å². The Morgan fingerprint density at radius 3 is 2.52 bits per heavy atom. The van der Waals surface area contributed by atoms with Gasteiger partial charge in [0.25, 0.3) is 0 Å². The van der Waals surface area contributed by atoms with E-state index in [4.69, 9.17) is 19.8 Å². The summed E-state index contributed by atoms with van der Waals surface area (Å²) in [6.45, 7) is 5.31. The van der Waals surface area contributed by atoms with Gasteiger partial charge in [0.15, 0.2) is 11.5 Å². The Labute approximate surface area is 230 Å². The molecule has 0 spiro atoms. The van der Waals surface area contributed by atoms with Gasteiger partial charge in [0, 0.05) is 50.2 Å². The van der Waals surface area contributed by atoms with Crippen LogP contribution in [0.2, 0.25) is 0 Å². The summed E-state index contributed by atoms with van der Waals surface area (Å²) < 4.78 is 25.5. The SMILES string of the molecule is COC(=O)Nc1ccc(-c2nc(N3CCOCC3)c3cnn(C4CCN(Cc5ccc(F)nc5)CC4)c3n2)cc1. The number of rotatable bonds is 6. The van der Waals surface area contributed by atoms with E-state index in [2.05, 4.69) is 29.5 Å². The van der Waals surface area contributed by atoms with Gasteiger partial charge in [-0.15, -0.1) is 0 Å². The van der Waals surface area contributed by atoms with Crippen LogP contribution in [0, 0.1) is 5.95 Å². The Morgan fingerprint density at radius 1 is 1.05 bits per heavy atom. The molecule has 12 heteroatoms. The average molecular weight is 547 g/mol. The minimum atomic E-state index is -0.524. The van der Waals surface area contributed by atoms with E-state index in [1.165, 1.54) is 13.2 Å². The van der Waals surface area contributed by atoms with Crippen molar-refractivity contribution in [1.82, 2.24) is 29.6 Å². The Morgan fingerprint density at radius 2 is 1.82 bits per heavy atom. The van der Waals surface area contributed by atoms with Gasteiger partial charge in [-0.2, -0.15) is 9.49 Å². The fourth-order valence-corrected chi connectivity index (χ4v) is 5.28. The Kier molecular flexibility index (Phi) is 7.51. The molecular weight excluding hydrogens is 515 g/mol. The molecule has 0 saturated carbocycles. The molecule has 1 amide bonds. The molecule has 2 saturated heterocycles. The van der Waals surface area contributed by atoms with E-state index in [1.807, 2.05) is 18.3 Å². The Balaban J connectivity index is 1.27. The van der Waals surface area contributed by atoms with Crippen LogP contribution in [0.15, 0.2) is 48.8 Å². The van der Waals surface area contributed by atoms with Gasteiger partial charge in [0.05, 0.1) is 37.9 Å². The molecule has 0 atom stereocenters. The van der Waals surface area contributed by atoms with Gasteiger partial charge in [0.2, 0.25) is 5.95 Å². The maximum absolute atomic E-state index is 13.2. The van der Waals surface area contributed by atoms with E-state index >= 15 is 0 Å². The zero-order valence-corrected chi connectivity index (χ0v) is 22.3. The molecule has 208 valence electrons. The summed E-state index contributed by atoms with van der Waals surface area (Å²) in [7, 11) is 1.33. The van der Waals surface area contributed by atoms with Gasteiger partial charge in [0.1, 0.15) is 5.82 Å². The number of hydrogen-bond acceptors (Lipinski definition) is 9. The number of nitrogens with zero attached hydrogens (tertiary/aromatic N) is 7. The van der Waals surface area contributed by atoms with E-state index in [1.54, 1.807) is 24.4 Å². The number of methoxy groups -OCH3 is 1. The number of benzene rings is 1. The molecule has 2 aliphatic heterocycles. The molecule has 1 aromatic carbocycles. The van der Waals surface area contributed by atoms with Crippen molar-refractivity contribution in [2.75, 3.05) is 56.7 Å². The summed E-state index contributed by atoms with van der Waals surface area (Å²) in [5.74, 6) is 0.994. The maximum Gasteiger partial charge on any atom is 0.411 e.